The fourth-order valence-corrected chi connectivity index (χ4v) is 3.71. The number of carbonyl (C=O) groups excluding carboxylic acids is 1. The van der Waals surface area contributed by atoms with Gasteiger partial charge in [0.1, 0.15) is 0 Å². The average Bonchev–Trinajstić information content (AvgIpc) is 2.47. The number of rotatable bonds is 4. The van der Waals surface area contributed by atoms with Crippen molar-refractivity contribution in [1.82, 2.24) is 10.6 Å². The maximum Gasteiger partial charge on any atom is 0.230 e. The Hall–Kier alpha value is -0.870. The Morgan fingerprint density at radius 1 is 1.29 bits per heavy atom. The first-order valence-electron chi connectivity index (χ1n) is 7.96. The van der Waals surface area contributed by atoms with Crippen LogP contribution in [0.5, 0.6) is 0 Å². The molecule has 3 rings (SSSR count). The van der Waals surface area contributed by atoms with Crippen LogP contribution in [0.15, 0.2) is 28.7 Å². The van der Waals surface area contributed by atoms with Crippen LogP contribution in [0.25, 0.3) is 0 Å². The molecule has 1 atom stereocenters. The van der Waals surface area contributed by atoms with Crippen LogP contribution in [0.4, 0.5) is 0 Å². The molecule has 0 spiro atoms. The minimum atomic E-state index is -0.275. The average molecular weight is 351 g/mol. The first-order valence-corrected chi connectivity index (χ1v) is 8.75. The summed E-state index contributed by atoms with van der Waals surface area (Å²) in [6.45, 7) is 2.96. The monoisotopic (exact) mass is 350 g/mol. The Labute approximate surface area is 135 Å². The standard InChI is InChI=1S/C17H23BrN2O/c18-15-6-4-14(5-7-15)17(8-2-9-17)16(21)20-12-13-3-1-10-19-11-13/h4-7,13,19H,1-3,8-12H2,(H,20,21). The van der Waals surface area contributed by atoms with Crippen molar-refractivity contribution in [3.05, 3.63) is 34.3 Å². The molecular weight excluding hydrogens is 328 g/mol. The van der Waals surface area contributed by atoms with Gasteiger partial charge in [-0.2, -0.15) is 0 Å². The molecule has 0 aromatic heterocycles. The number of halogens is 1. The number of amides is 1. The fraction of sp³-hybridized carbons (Fsp3) is 0.588. The third-order valence-corrected chi connectivity index (χ3v) is 5.52. The van der Waals surface area contributed by atoms with E-state index in [1.165, 1.54) is 12.8 Å². The zero-order valence-corrected chi connectivity index (χ0v) is 13.9. The van der Waals surface area contributed by atoms with Crippen molar-refractivity contribution in [2.24, 2.45) is 5.92 Å². The lowest BCUT2D eigenvalue weighted by atomic mass is 9.64. The Morgan fingerprint density at radius 3 is 2.62 bits per heavy atom. The summed E-state index contributed by atoms with van der Waals surface area (Å²) in [5.74, 6) is 0.811. The summed E-state index contributed by atoms with van der Waals surface area (Å²) in [4.78, 5) is 12.7. The van der Waals surface area contributed by atoms with Crippen molar-refractivity contribution in [1.29, 1.82) is 0 Å². The summed E-state index contributed by atoms with van der Waals surface area (Å²) in [6.07, 6.45) is 5.54. The highest BCUT2D eigenvalue weighted by atomic mass is 79.9. The quantitative estimate of drug-likeness (QED) is 0.876. The molecule has 114 valence electrons. The lowest BCUT2D eigenvalue weighted by Crippen LogP contribution is -2.51. The molecule has 2 fully saturated rings. The van der Waals surface area contributed by atoms with E-state index >= 15 is 0 Å². The summed E-state index contributed by atoms with van der Waals surface area (Å²) in [5.41, 5.74) is 0.888. The van der Waals surface area contributed by atoms with E-state index in [2.05, 4.69) is 38.7 Å². The van der Waals surface area contributed by atoms with E-state index in [1.807, 2.05) is 12.1 Å². The van der Waals surface area contributed by atoms with Gasteiger partial charge in [-0.05, 0) is 62.4 Å². The first-order chi connectivity index (χ1) is 10.2. The largest absolute Gasteiger partial charge is 0.355 e. The Morgan fingerprint density at radius 2 is 2.05 bits per heavy atom. The van der Waals surface area contributed by atoms with Crippen LogP contribution in [-0.2, 0) is 10.2 Å². The molecule has 0 bridgehead atoms. The summed E-state index contributed by atoms with van der Waals surface area (Å²) in [7, 11) is 0. The van der Waals surface area contributed by atoms with Gasteiger partial charge < -0.3 is 10.6 Å². The molecule has 3 nitrogen and oxygen atoms in total. The lowest BCUT2D eigenvalue weighted by Gasteiger charge is -2.41. The fourth-order valence-electron chi connectivity index (χ4n) is 3.45. The van der Waals surface area contributed by atoms with Crippen LogP contribution < -0.4 is 10.6 Å². The van der Waals surface area contributed by atoms with Gasteiger partial charge in [0.05, 0.1) is 5.41 Å². The van der Waals surface area contributed by atoms with Gasteiger partial charge in [-0.25, -0.2) is 0 Å². The van der Waals surface area contributed by atoms with Crippen molar-refractivity contribution in [3.63, 3.8) is 0 Å². The third kappa shape index (κ3) is 3.16. The van der Waals surface area contributed by atoms with Crippen molar-refractivity contribution in [2.75, 3.05) is 19.6 Å². The smallest absolute Gasteiger partial charge is 0.230 e. The summed E-state index contributed by atoms with van der Waals surface area (Å²) >= 11 is 3.46. The SMILES string of the molecule is O=C(NCC1CCCNC1)C1(c2ccc(Br)cc2)CCC1. The normalized spacial score (nSPS) is 24.1. The van der Waals surface area contributed by atoms with E-state index in [4.69, 9.17) is 0 Å². The van der Waals surface area contributed by atoms with Gasteiger partial charge in [-0.3, -0.25) is 4.79 Å². The molecule has 1 saturated carbocycles. The van der Waals surface area contributed by atoms with E-state index in [9.17, 15) is 4.79 Å². The summed E-state index contributed by atoms with van der Waals surface area (Å²) in [5, 5.41) is 6.62. The van der Waals surface area contributed by atoms with Crippen molar-refractivity contribution >= 4 is 21.8 Å². The first kappa shape index (κ1) is 15.0. The minimum absolute atomic E-state index is 0.224. The number of carbonyl (C=O) groups is 1. The minimum Gasteiger partial charge on any atom is -0.355 e. The molecule has 1 aromatic carbocycles. The van der Waals surface area contributed by atoms with Gasteiger partial charge in [0.2, 0.25) is 5.91 Å². The molecule has 21 heavy (non-hydrogen) atoms. The third-order valence-electron chi connectivity index (χ3n) is 4.99. The maximum absolute atomic E-state index is 12.7. The number of benzene rings is 1. The molecule has 1 unspecified atom stereocenters. The van der Waals surface area contributed by atoms with Crippen LogP contribution in [0, 0.1) is 5.92 Å². The topological polar surface area (TPSA) is 41.1 Å². The number of hydrogen-bond acceptors (Lipinski definition) is 2. The lowest BCUT2D eigenvalue weighted by molar-refractivity contribution is -0.130. The second-order valence-electron chi connectivity index (χ2n) is 6.36. The van der Waals surface area contributed by atoms with Crippen LogP contribution >= 0.6 is 15.9 Å². The van der Waals surface area contributed by atoms with Crippen LogP contribution in [0.3, 0.4) is 0 Å². The van der Waals surface area contributed by atoms with Crippen LogP contribution in [0.1, 0.15) is 37.7 Å². The van der Waals surface area contributed by atoms with Gasteiger partial charge >= 0.3 is 0 Å². The molecule has 0 radical (unpaired) electrons. The zero-order chi connectivity index (χ0) is 14.7. The van der Waals surface area contributed by atoms with Crippen molar-refractivity contribution in [3.8, 4) is 0 Å². The molecule has 1 saturated heterocycles. The zero-order valence-electron chi connectivity index (χ0n) is 12.3. The van der Waals surface area contributed by atoms with E-state index in [1.54, 1.807) is 0 Å². The van der Waals surface area contributed by atoms with E-state index < -0.39 is 0 Å². The molecular formula is C17H23BrN2O. The number of nitrogens with one attached hydrogen (secondary N) is 2. The Balaban J connectivity index is 1.64. The highest BCUT2D eigenvalue weighted by Crippen LogP contribution is 2.44. The van der Waals surface area contributed by atoms with Gasteiger partial charge in [0.15, 0.2) is 0 Å². The van der Waals surface area contributed by atoms with Gasteiger partial charge in [0.25, 0.3) is 0 Å². The summed E-state index contributed by atoms with van der Waals surface area (Å²) < 4.78 is 1.06. The van der Waals surface area contributed by atoms with E-state index in [0.717, 1.165) is 48.9 Å². The predicted molar refractivity (Wildman–Crippen MR) is 88.3 cm³/mol. The highest BCUT2D eigenvalue weighted by molar-refractivity contribution is 9.10. The molecule has 1 aliphatic heterocycles. The maximum atomic E-state index is 12.7. The predicted octanol–water partition coefficient (Wildman–Crippen LogP) is 2.99. The van der Waals surface area contributed by atoms with E-state index in [0.29, 0.717) is 5.92 Å². The molecule has 1 aliphatic carbocycles. The summed E-state index contributed by atoms with van der Waals surface area (Å²) in [6, 6.07) is 8.25. The Bertz CT molecular complexity index is 490. The molecule has 4 heteroatoms. The van der Waals surface area contributed by atoms with Gasteiger partial charge in [0, 0.05) is 11.0 Å². The highest BCUT2D eigenvalue weighted by Gasteiger charge is 2.45. The van der Waals surface area contributed by atoms with Crippen molar-refractivity contribution in [2.45, 2.75) is 37.5 Å². The van der Waals surface area contributed by atoms with Crippen LogP contribution in [0.2, 0.25) is 0 Å². The molecule has 1 aromatic rings. The van der Waals surface area contributed by atoms with Crippen molar-refractivity contribution < 1.29 is 4.79 Å². The van der Waals surface area contributed by atoms with E-state index in [-0.39, 0.29) is 11.3 Å². The molecule has 1 heterocycles. The number of piperidine rings is 1. The van der Waals surface area contributed by atoms with Crippen LogP contribution in [-0.4, -0.2) is 25.5 Å². The second kappa shape index (κ2) is 6.49. The number of hydrogen-bond donors (Lipinski definition) is 2. The van der Waals surface area contributed by atoms with Gasteiger partial charge in [-0.1, -0.05) is 34.5 Å². The molecule has 2 aliphatic rings. The second-order valence-corrected chi connectivity index (χ2v) is 7.28. The molecule has 2 N–H and O–H groups in total. The Kier molecular flexibility index (Phi) is 4.65. The molecule has 1 amide bonds. The van der Waals surface area contributed by atoms with Gasteiger partial charge in [-0.15, -0.1) is 0 Å².